The molecule has 0 bridgehead atoms. The lowest BCUT2D eigenvalue weighted by molar-refractivity contribution is 0.0726. The average molecular weight is 319 g/mol. The van der Waals surface area contributed by atoms with E-state index in [1.54, 1.807) is 29.2 Å². The average Bonchev–Trinajstić information content (AvgIpc) is 3.04. The minimum absolute atomic E-state index is 0.103. The van der Waals surface area contributed by atoms with Crippen molar-refractivity contribution < 1.29 is 18.3 Å². The van der Waals surface area contributed by atoms with Crippen molar-refractivity contribution in [2.45, 2.75) is 33.3 Å². The highest BCUT2D eigenvalue weighted by molar-refractivity contribution is 5.91. The van der Waals surface area contributed by atoms with Crippen LogP contribution in [0.15, 0.2) is 40.8 Å². The maximum absolute atomic E-state index is 12.8. The molecule has 1 aromatic heterocycles. The van der Waals surface area contributed by atoms with Gasteiger partial charge in [-0.2, -0.15) is 0 Å². The monoisotopic (exact) mass is 319 g/mol. The van der Waals surface area contributed by atoms with E-state index in [4.69, 9.17) is 9.15 Å². The fourth-order valence-electron chi connectivity index (χ4n) is 2.16. The molecule has 1 aromatic carbocycles. The number of unbranched alkanes of at least 4 members (excludes halogenated alkanes) is 1. The van der Waals surface area contributed by atoms with Crippen molar-refractivity contribution in [2.24, 2.45) is 0 Å². The Morgan fingerprint density at radius 3 is 2.57 bits per heavy atom. The van der Waals surface area contributed by atoms with E-state index in [2.05, 4.69) is 6.92 Å². The predicted octanol–water partition coefficient (Wildman–Crippen LogP) is 4.26. The van der Waals surface area contributed by atoms with Gasteiger partial charge >= 0.3 is 0 Å². The molecule has 0 aliphatic carbocycles. The Kier molecular flexibility index (Phi) is 6.20. The molecule has 2 rings (SSSR count). The molecule has 0 N–H and O–H groups in total. The maximum Gasteiger partial charge on any atom is 0.289 e. The number of halogens is 1. The lowest BCUT2D eigenvalue weighted by Gasteiger charge is -2.19. The number of benzene rings is 1. The molecule has 1 heterocycles. The third-order valence-corrected chi connectivity index (χ3v) is 3.52. The number of nitrogens with zero attached hydrogens (tertiary/aromatic N) is 1. The Hall–Kier alpha value is -2.30. The summed E-state index contributed by atoms with van der Waals surface area (Å²) in [4.78, 5) is 14.1. The predicted molar refractivity (Wildman–Crippen MR) is 85.9 cm³/mol. The Morgan fingerprint density at radius 2 is 1.91 bits per heavy atom. The van der Waals surface area contributed by atoms with Gasteiger partial charge in [-0.25, -0.2) is 4.39 Å². The number of amides is 1. The Bertz CT molecular complexity index is 621. The molecule has 0 aliphatic rings. The molecule has 0 spiro atoms. The standard InChI is InChI=1S/C18H22FNO3/c1-3-5-12-20(4-2)18(21)17-11-10-16(23-17)13-22-15-8-6-14(19)7-9-15/h6-11H,3-5,12-13H2,1-2H3. The summed E-state index contributed by atoms with van der Waals surface area (Å²) in [6.45, 7) is 5.63. The highest BCUT2D eigenvalue weighted by atomic mass is 19.1. The molecule has 0 saturated carbocycles. The fraction of sp³-hybridized carbons (Fsp3) is 0.389. The van der Waals surface area contributed by atoms with E-state index < -0.39 is 0 Å². The largest absolute Gasteiger partial charge is 0.486 e. The zero-order valence-corrected chi connectivity index (χ0v) is 13.5. The second-order valence-corrected chi connectivity index (χ2v) is 5.25. The summed E-state index contributed by atoms with van der Waals surface area (Å²) in [6.07, 6.45) is 2.01. The van der Waals surface area contributed by atoms with Crippen LogP contribution in [0.1, 0.15) is 43.0 Å². The number of ether oxygens (including phenoxy) is 1. The number of carbonyl (C=O) groups is 1. The van der Waals surface area contributed by atoms with Gasteiger partial charge in [0.05, 0.1) is 0 Å². The number of hydrogen-bond donors (Lipinski definition) is 0. The molecule has 0 unspecified atom stereocenters. The van der Waals surface area contributed by atoms with E-state index in [-0.39, 0.29) is 18.3 Å². The van der Waals surface area contributed by atoms with Crippen molar-refractivity contribution in [3.05, 3.63) is 53.7 Å². The first-order valence-electron chi connectivity index (χ1n) is 7.90. The minimum Gasteiger partial charge on any atom is -0.486 e. The SMILES string of the molecule is CCCCN(CC)C(=O)c1ccc(COc2ccc(F)cc2)o1. The third-order valence-electron chi connectivity index (χ3n) is 3.52. The van der Waals surface area contributed by atoms with E-state index in [9.17, 15) is 9.18 Å². The van der Waals surface area contributed by atoms with Crippen molar-refractivity contribution in [2.75, 3.05) is 13.1 Å². The van der Waals surface area contributed by atoms with Crippen LogP contribution in [0.3, 0.4) is 0 Å². The van der Waals surface area contributed by atoms with Gasteiger partial charge in [0.15, 0.2) is 5.76 Å². The lowest BCUT2D eigenvalue weighted by Crippen LogP contribution is -2.31. The number of hydrogen-bond acceptors (Lipinski definition) is 3. The van der Waals surface area contributed by atoms with Crippen LogP contribution in [-0.4, -0.2) is 23.9 Å². The van der Waals surface area contributed by atoms with E-state index in [0.717, 1.165) is 19.4 Å². The van der Waals surface area contributed by atoms with Crippen molar-refractivity contribution in [1.82, 2.24) is 4.90 Å². The quantitative estimate of drug-likeness (QED) is 0.730. The molecule has 0 saturated heterocycles. The normalized spacial score (nSPS) is 10.6. The van der Waals surface area contributed by atoms with Crippen LogP contribution >= 0.6 is 0 Å². The van der Waals surface area contributed by atoms with Crippen molar-refractivity contribution in [3.63, 3.8) is 0 Å². The maximum atomic E-state index is 12.8. The van der Waals surface area contributed by atoms with E-state index in [1.807, 2.05) is 6.92 Å². The van der Waals surface area contributed by atoms with Gasteiger partial charge in [0.1, 0.15) is 23.9 Å². The van der Waals surface area contributed by atoms with Crippen molar-refractivity contribution in [3.8, 4) is 5.75 Å². The van der Waals surface area contributed by atoms with Gasteiger partial charge in [0, 0.05) is 13.1 Å². The summed E-state index contributed by atoms with van der Waals surface area (Å²) in [5.41, 5.74) is 0. The van der Waals surface area contributed by atoms with Gasteiger partial charge in [-0.05, 0) is 49.7 Å². The summed E-state index contributed by atoms with van der Waals surface area (Å²) in [6, 6.07) is 9.16. The van der Waals surface area contributed by atoms with Crippen molar-refractivity contribution >= 4 is 5.91 Å². The molecule has 5 heteroatoms. The number of carbonyl (C=O) groups excluding carboxylic acids is 1. The lowest BCUT2D eigenvalue weighted by atomic mass is 10.3. The van der Waals surface area contributed by atoms with Crippen LogP contribution in [0.4, 0.5) is 4.39 Å². The molecule has 0 atom stereocenters. The molecular formula is C18H22FNO3. The zero-order chi connectivity index (χ0) is 16.7. The van der Waals surface area contributed by atoms with Crippen LogP contribution in [0, 0.1) is 5.82 Å². The second-order valence-electron chi connectivity index (χ2n) is 5.25. The van der Waals surface area contributed by atoms with Crippen LogP contribution in [0.25, 0.3) is 0 Å². The minimum atomic E-state index is -0.310. The number of furan rings is 1. The first-order valence-corrected chi connectivity index (χ1v) is 7.90. The Morgan fingerprint density at radius 1 is 1.17 bits per heavy atom. The molecule has 124 valence electrons. The van der Waals surface area contributed by atoms with Gasteiger partial charge in [0.2, 0.25) is 0 Å². The van der Waals surface area contributed by atoms with Crippen LogP contribution < -0.4 is 4.74 Å². The Labute approximate surface area is 135 Å². The first-order chi connectivity index (χ1) is 11.1. The summed E-state index contributed by atoms with van der Waals surface area (Å²) in [5.74, 6) is 1.02. The van der Waals surface area contributed by atoms with Crippen molar-refractivity contribution in [1.29, 1.82) is 0 Å². The van der Waals surface area contributed by atoms with Crippen LogP contribution in [0.5, 0.6) is 5.75 Å². The molecule has 0 aliphatic heterocycles. The van der Waals surface area contributed by atoms with E-state index in [0.29, 0.717) is 23.8 Å². The molecule has 0 fully saturated rings. The molecule has 23 heavy (non-hydrogen) atoms. The summed E-state index contributed by atoms with van der Waals surface area (Å²) in [5, 5.41) is 0. The summed E-state index contributed by atoms with van der Waals surface area (Å²) in [7, 11) is 0. The summed E-state index contributed by atoms with van der Waals surface area (Å²) >= 11 is 0. The zero-order valence-electron chi connectivity index (χ0n) is 13.5. The molecular weight excluding hydrogens is 297 g/mol. The molecule has 1 amide bonds. The van der Waals surface area contributed by atoms with E-state index in [1.165, 1.54) is 12.1 Å². The second kappa shape index (κ2) is 8.36. The van der Waals surface area contributed by atoms with Gasteiger partial charge in [-0.1, -0.05) is 13.3 Å². The van der Waals surface area contributed by atoms with Gasteiger partial charge in [0.25, 0.3) is 5.91 Å². The Balaban J connectivity index is 1.94. The smallest absolute Gasteiger partial charge is 0.289 e. The van der Waals surface area contributed by atoms with E-state index >= 15 is 0 Å². The first kappa shape index (κ1) is 17.1. The fourth-order valence-corrected chi connectivity index (χ4v) is 2.16. The van der Waals surface area contributed by atoms with Gasteiger partial charge in [-0.15, -0.1) is 0 Å². The summed E-state index contributed by atoms with van der Waals surface area (Å²) < 4.78 is 23.9. The highest BCUT2D eigenvalue weighted by Crippen LogP contribution is 2.16. The molecule has 0 radical (unpaired) electrons. The van der Waals surface area contributed by atoms with Gasteiger partial charge < -0.3 is 14.1 Å². The molecule has 2 aromatic rings. The molecule has 4 nitrogen and oxygen atoms in total. The third kappa shape index (κ3) is 4.84. The van der Waals surface area contributed by atoms with Crippen LogP contribution in [0.2, 0.25) is 0 Å². The number of rotatable bonds is 8. The van der Waals surface area contributed by atoms with Gasteiger partial charge in [-0.3, -0.25) is 4.79 Å². The van der Waals surface area contributed by atoms with Crippen LogP contribution in [-0.2, 0) is 6.61 Å². The highest BCUT2D eigenvalue weighted by Gasteiger charge is 2.17. The topological polar surface area (TPSA) is 42.7 Å².